The number of hydrogen-bond donors (Lipinski definition) is 2. The molecule has 1 aromatic carbocycles. The summed E-state index contributed by atoms with van der Waals surface area (Å²) in [5, 5.41) is 6.09. The lowest BCUT2D eigenvalue weighted by Gasteiger charge is -2.24. The van der Waals surface area contributed by atoms with Crippen LogP contribution in [0.25, 0.3) is 10.9 Å². The smallest absolute Gasteiger partial charge is 0.261 e. The molecule has 188 valence electrons. The van der Waals surface area contributed by atoms with E-state index in [9.17, 15) is 14.4 Å². The average Bonchev–Trinajstić information content (AvgIpc) is 2.77. The van der Waals surface area contributed by atoms with E-state index in [1.165, 1.54) is 25.1 Å². The number of carbonyl (C=O) groups is 2. The van der Waals surface area contributed by atoms with Crippen molar-refractivity contribution >= 4 is 22.7 Å². The van der Waals surface area contributed by atoms with Crippen LogP contribution >= 0.6 is 0 Å². The van der Waals surface area contributed by atoms with Crippen LogP contribution in [0.4, 0.5) is 0 Å². The number of rotatable bonds is 12. The minimum atomic E-state index is -0.700. The highest BCUT2D eigenvalue weighted by molar-refractivity contribution is 5.88. The van der Waals surface area contributed by atoms with Crippen LogP contribution < -0.4 is 25.7 Å². The summed E-state index contributed by atoms with van der Waals surface area (Å²) in [5.74, 6) is 0.708. The van der Waals surface area contributed by atoms with Crippen molar-refractivity contribution in [2.75, 3.05) is 14.2 Å². The molecule has 0 radical (unpaired) electrons. The summed E-state index contributed by atoms with van der Waals surface area (Å²) in [4.78, 5) is 42.8. The molecule has 0 fully saturated rings. The minimum absolute atomic E-state index is 0.0173. The molecule has 0 unspecified atom stereocenters. The molecule has 2 N–H and O–H groups in total. The summed E-state index contributed by atoms with van der Waals surface area (Å²) in [6.45, 7) is 9.82. The maximum absolute atomic E-state index is 12.9. The zero-order chi connectivity index (χ0) is 25.4. The van der Waals surface area contributed by atoms with Crippen LogP contribution in [0.3, 0.4) is 0 Å². The first-order valence-electron chi connectivity index (χ1n) is 11.8. The molecule has 0 aliphatic carbocycles. The number of aromatic nitrogens is 2. The van der Waals surface area contributed by atoms with Gasteiger partial charge < -0.3 is 20.1 Å². The maximum Gasteiger partial charge on any atom is 0.261 e. The number of methoxy groups -OCH3 is 2. The maximum atomic E-state index is 12.9. The van der Waals surface area contributed by atoms with Crippen molar-refractivity contribution in [2.24, 2.45) is 11.8 Å². The third-order valence-corrected chi connectivity index (χ3v) is 5.72. The van der Waals surface area contributed by atoms with Gasteiger partial charge in [0.2, 0.25) is 11.8 Å². The van der Waals surface area contributed by atoms with Crippen LogP contribution in [0.5, 0.6) is 11.5 Å². The SMILES string of the molecule is COc1cc2ncn(CC(=O)N[C@H](C(=O)N[C@H](C)CCCC(C)C)C(C)C)c(=O)c2cc1OC. The first-order valence-corrected chi connectivity index (χ1v) is 11.8. The first kappa shape index (κ1) is 27.1. The van der Waals surface area contributed by atoms with Crippen LogP contribution in [-0.4, -0.2) is 47.7 Å². The van der Waals surface area contributed by atoms with Gasteiger partial charge in [0.15, 0.2) is 11.5 Å². The molecule has 9 heteroatoms. The number of nitrogens with zero attached hydrogens (tertiary/aromatic N) is 2. The van der Waals surface area contributed by atoms with Gasteiger partial charge in [0.1, 0.15) is 12.6 Å². The molecule has 34 heavy (non-hydrogen) atoms. The van der Waals surface area contributed by atoms with E-state index < -0.39 is 11.9 Å². The zero-order valence-corrected chi connectivity index (χ0v) is 21.3. The molecule has 9 nitrogen and oxygen atoms in total. The van der Waals surface area contributed by atoms with E-state index >= 15 is 0 Å². The molecule has 2 atom stereocenters. The summed E-state index contributed by atoms with van der Waals surface area (Å²) in [5.41, 5.74) is 0.0515. The van der Waals surface area contributed by atoms with E-state index in [-0.39, 0.29) is 30.0 Å². The number of fused-ring (bicyclic) bond motifs is 1. The normalized spacial score (nSPS) is 13.1. The van der Waals surface area contributed by atoms with Crippen LogP contribution in [0.15, 0.2) is 23.3 Å². The fraction of sp³-hybridized carbons (Fsp3) is 0.600. The Balaban J connectivity index is 2.10. The van der Waals surface area contributed by atoms with E-state index in [2.05, 4.69) is 29.5 Å². The molecule has 0 aliphatic heterocycles. The van der Waals surface area contributed by atoms with Gasteiger partial charge in [-0.05, 0) is 31.2 Å². The Labute approximate surface area is 201 Å². The van der Waals surface area contributed by atoms with Crippen molar-refractivity contribution in [3.05, 3.63) is 28.8 Å². The van der Waals surface area contributed by atoms with Gasteiger partial charge in [-0.25, -0.2) is 4.98 Å². The molecule has 0 spiro atoms. The predicted molar refractivity (Wildman–Crippen MR) is 132 cm³/mol. The molecule has 1 aromatic heterocycles. The molecular formula is C25H38N4O5. The van der Waals surface area contributed by atoms with E-state index in [1.54, 1.807) is 12.1 Å². The van der Waals surface area contributed by atoms with E-state index in [0.717, 1.165) is 19.3 Å². The van der Waals surface area contributed by atoms with Gasteiger partial charge in [0.05, 0.1) is 31.4 Å². The van der Waals surface area contributed by atoms with Gasteiger partial charge >= 0.3 is 0 Å². The molecule has 0 saturated carbocycles. The highest BCUT2D eigenvalue weighted by Gasteiger charge is 2.25. The summed E-state index contributed by atoms with van der Waals surface area (Å²) < 4.78 is 11.7. The second-order valence-electron chi connectivity index (χ2n) is 9.43. The number of hydrogen-bond acceptors (Lipinski definition) is 6. The first-order chi connectivity index (χ1) is 16.1. The van der Waals surface area contributed by atoms with Gasteiger partial charge in [-0.1, -0.05) is 40.5 Å². The van der Waals surface area contributed by atoms with Gasteiger partial charge in [-0.15, -0.1) is 0 Å². The van der Waals surface area contributed by atoms with Crippen molar-refractivity contribution in [1.29, 1.82) is 0 Å². The number of carbonyl (C=O) groups excluding carboxylic acids is 2. The number of benzene rings is 1. The number of nitrogens with one attached hydrogen (secondary N) is 2. The van der Waals surface area contributed by atoms with Crippen LogP contribution in [0, 0.1) is 11.8 Å². The molecular weight excluding hydrogens is 436 g/mol. The topological polar surface area (TPSA) is 112 Å². The standard InChI is InChI=1S/C25H38N4O5/c1-15(2)9-8-10-17(5)27-24(31)23(16(3)4)28-22(30)13-29-14-26-19-12-21(34-7)20(33-6)11-18(19)25(29)32/h11-12,14-17,23H,8-10,13H2,1-7H3,(H,27,31)(H,28,30)/t17-,23+/m1/s1. The van der Waals surface area contributed by atoms with Crippen LogP contribution in [0.1, 0.15) is 53.9 Å². The lowest BCUT2D eigenvalue weighted by Crippen LogP contribution is -2.52. The molecule has 0 saturated heterocycles. The van der Waals surface area contributed by atoms with E-state index in [0.29, 0.717) is 28.3 Å². The average molecular weight is 475 g/mol. The quantitative estimate of drug-likeness (QED) is 0.489. The van der Waals surface area contributed by atoms with Crippen LogP contribution in [0.2, 0.25) is 0 Å². The Hall–Kier alpha value is -3.10. The van der Waals surface area contributed by atoms with Crippen LogP contribution in [-0.2, 0) is 16.1 Å². The van der Waals surface area contributed by atoms with Gasteiger partial charge in [0, 0.05) is 12.1 Å². The molecule has 1 heterocycles. The highest BCUT2D eigenvalue weighted by Crippen LogP contribution is 2.29. The lowest BCUT2D eigenvalue weighted by molar-refractivity contribution is -0.130. The van der Waals surface area contributed by atoms with E-state index in [4.69, 9.17) is 9.47 Å². The lowest BCUT2D eigenvalue weighted by atomic mass is 10.0. The molecule has 2 rings (SSSR count). The third kappa shape index (κ3) is 7.20. The Morgan fingerprint density at radius 1 is 1.00 bits per heavy atom. The summed E-state index contributed by atoms with van der Waals surface area (Å²) >= 11 is 0. The van der Waals surface area contributed by atoms with Gasteiger partial charge in [-0.3, -0.25) is 19.0 Å². The van der Waals surface area contributed by atoms with Crippen molar-refractivity contribution in [1.82, 2.24) is 20.2 Å². The Kier molecular flexibility index (Phi) is 9.89. The fourth-order valence-corrected chi connectivity index (χ4v) is 3.74. The molecule has 0 aliphatic rings. The fourth-order valence-electron chi connectivity index (χ4n) is 3.74. The second-order valence-corrected chi connectivity index (χ2v) is 9.43. The van der Waals surface area contributed by atoms with Crippen molar-refractivity contribution in [3.8, 4) is 11.5 Å². The Morgan fingerprint density at radius 2 is 1.65 bits per heavy atom. The van der Waals surface area contributed by atoms with Crippen molar-refractivity contribution in [2.45, 2.75) is 72.5 Å². The minimum Gasteiger partial charge on any atom is -0.493 e. The zero-order valence-electron chi connectivity index (χ0n) is 21.3. The summed E-state index contributed by atoms with van der Waals surface area (Å²) in [6.07, 6.45) is 4.34. The Bertz CT molecular complexity index is 1050. The van der Waals surface area contributed by atoms with Crippen molar-refractivity contribution in [3.63, 3.8) is 0 Å². The monoisotopic (exact) mass is 474 g/mol. The molecule has 2 aromatic rings. The predicted octanol–water partition coefficient (Wildman–Crippen LogP) is 2.89. The summed E-state index contributed by atoms with van der Waals surface area (Å²) in [6, 6.07) is 2.47. The van der Waals surface area contributed by atoms with E-state index in [1.807, 2.05) is 20.8 Å². The number of amides is 2. The largest absolute Gasteiger partial charge is 0.493 e. The third-order valence-electron chi connectivity index (χ3n) is 5.72. The Morgan fingerprint density at radius 3 is 2.24 bits per heavy atom. The molecule has 2 amide bonds. The van der Waals surface area contributed by atoms with Gasteiger partial charge in [-0.2, -0.15) is 0 Å². The number of ether oxygens (including phenoxy) is 2. The highest BCUT2D eigenvalue weighted by atomic mass is 16.5. The molecule has 0 bridgehead atoms. The summed E-state index contributed by atoms with van der Waals surface area (Å²) in [7, 11) is 2.98. The van der Waals surface area contributed by atoms with Crippen molar-refractivity contribution < 1.29 is 19.1 Å². The second kappa shape index (κ2) is 12.4. The van der Waals surface area contributed by atoms with Gasteiger partial charge in [0.25, 0.3) is 5.56 Å².